The molecule has 0 atom stereocenters. The maximum atomic E-state index is 10.1. The van der Waals surface area contributed by atoms with Gasteiger partial charge in [0.1, 0.15) is 5.75 Å². The largest absolute Gasteiger partial charge is 0.507 e. The number of nitrogens with one attached hydrogen (secondary N) is 1. The van der Waals surface area contributed by atoms with Crippen molar-refractivity contribution in [3.05, 3.63) is 71.1 Å². The van der Waals surface area contributed by atoms with Crippen LogP contribution < -0.4 is 5.32 Å². The summed E-state index contributed by atoms with van der Waals surface area (Å²) in [5, 5.41) is 15.6. The van der Waals surface area contributed by atoms with E-state index < -0.39 is 0 Å². The van der Waals surface area contributed by atoms with Gasteiger partial charge in [-0.3, -0.25) is 0 Å². The van der Waals surface area contributed by atoms with Gasteiger partial charge in [0.2, 0.25) is 0 Å². The zero-order valence-corrected chi connectivity index (χ0v) is 12.7. The average molecular weight is 295 g/mol. The third-order valence-corrected chi connectivity index (χ3v) is 4.41. The van der Waals surface area contributed by atoms with Gasteiger partial charge < -0.3 is 10.4 Å². The molecule has 3 rings (SSSR count). The van der Waals surface area contributed by atoms with Crippen molar-refractivity contribution >= 4 is 17.0 Å². The lowest BCUT2D eigenvalue weighted by Gasteiger charge is -2.12. The van der Waals surface area contributed by atoms with Gasteiger partial charge in [-0.1, -0.05) is 42.5 Å². The van der Waals surface area contributed by atoms with Crippen LogP contribution in [0.3, 0.4) is 0 Å². The van der Waals surface area contributed by atoms with Gasteiger partial charge in [-0.25, -0.2) is 0 Å². The van der Waals surface area contributed by atoms with Gasteiger partial charge in [-0.05, 0) is 30.0 Å². The number of para-hydroxylation sites is 2. The number of hydrogen-bond acceptors (Lipinski definition) is 3. The Labute approximate surface area is 128 Å². The van der Waals surface area contributed by atoms with Gasteiger partial charge >= 0.3 is 0 Å². The van der Waals surface area contributed by atoms with Crippen LogP contribution in [0.2, 0.25) is 0 Å². The molecule has 21 heavy (non-hydrogen) atoms. The Balaban J connectivity index is 1.85. The maximum Gasteiger partial charge on any atom is 0.123 e. The second-order valence-corrected chi connectivity index (χ2v) is 5.91. The summed E-state index contributed by atoms with van der Waals surface area (Å²) >= 11 is 1.73. The van der Waals surface area contributed by atoms with Crippen LogP contribution in [0.15, 0.2) is 60.0 Å². The average Bonchev–Trinajstić information content (AvgIpc) is 3.03. The first-order valence-electron chi connectivity index (χ1n) is 6.90. The standard InChI is InChI=1S/C18H17NOS/c1-13-6-4-7-14(18(13)20)12-19-16-9-3-2-8-15(16)17-10-5-11-21-17/h2-11,19-20H,12H2,1H3. The van der Waals surface area contributed by atoms with E-state index in [2.05, 4.69) is 35.0 Å². The summed E-state index contributed by atoms with van der Waals surface area (Å²) in [7, 11) is 0. The molecule has 0 radical (unpaired) electrons. The topological polar surface area (TPSA) is 32.3 Å². The van der Waals surface area contributed by atoms with E-state index in [1.807, 2.05) is 37.3 Å². The van der Waals surface area contributed by atoms with Crippen molar-refractivity contribution in [1.29, 1.82) is 0 Å². The van der Waals surface area contributed by atoms with Crippen molar-refractivity contribution in [3.63, 3.8) is 0 Å². The first-order valence-corrected chi connectivity index (χ1v) is 7.78. The van der Waals surface area contributed by atoms with Crippen LogP contribution in [0.4, 0.5) is 5.69 Å². The maximum absolute atomic E-state index is 10.1. The molecule has 1 heterocycles. The zero-order valence-electron chi connectivity index (χ0n) is 11.8. The molecule has 0 bridgehead atoms. The van der Waals surface area contributed by atoms with Crippen LogP contribution in [0.1, 0.15) is 11.1 Å². The summed E-state index contributed by atoms with van der Waals surface area (Å²) in [6, 6.07) is 18.3. The highest BCUT2D eigenvalue weighted by atomic mass is 32.1. The van der Waals surface area contributed by atoms with Crippen LogP contribution in [0, 0.1) is 6.92 Å². The molecular weight excluding hydrogens is 278 g/mol. The molecule has 3 aromatic rings. The van der Waals surface area contributed by atoms with E-state index in [4.69, 9.17) is 0 Å². The number of aryl methyl sites for hydroxylation is 1. The third kappa shape index (κ3) is 2.93. The smallest absolute Gasteiger partial charge is 0.123 e. The molecule has 0 unspecified atom stereocenters. The number of rotatable bonds is 4. The predicted molar refractivity (Wildman–Crippen MR) is 89.9 cm³/mol. The fourth-order valence-electron chi connectivity index (χ4n) is 2.34. The first kappa shape index (κ1) is 13.7. The monoisotopic (exact) mass is 295 g/mol. The quantitative estimate of drug-likeness (QED) is 0.706. The van der Waals surface area contributed by atoms with Crippen molar-refractivity contribution in [3.8, 4) is 16.2 Å². The minimum atomic E-state index is 0.374. The van der Waals surface area contributed by atoms with E-state index in [1.54, 1.807) is 11.3 Å². The number of benzene rings is 2. The predicted octanol–water partition coefficient (Wildman–Crippen LogP) is 5.04. The second-order valence-electron chi connectivity index (χ2n) is 4.96. The Morgan fingerprint density at radius 3 is 2.67 bits per heavy atom. The molecule has 2 nitrogen and oxygen atoms in total. The molecule has 1 aromatic heterocycles. The number of phenolic OH excluding ortho intramolecular Hbond substituents is 1. The van der Waals surface area contributed by atoms with E-state index in [1.165, 1.54) is 10.4 Å². The molecule has 0 saturated heterocycles. The Morgan fingerprint density at radius 1 is 1.00 bits per heavy atom. The van der Waals surface area contributed by atoms with Crippen LogP contribution in [0.5, 0.6) is 5.75 Å². The summed E-state index contributed by atoms with van der Waals surface area (Å²) < 4.78 is 0. The lowest BCUT2D eigenvalue weighted by molar-refractivity contribution is 0.465. The Hall–Kier alpha value is -2.26. The zero-order chi connectivity index (χ0) is 14.7. The molecule has 0 aliphatic heterocycles. The molecule has 3 heteroatoms. The van der Waals surface area contributed by atoms with Crippen molar-refractivity contribution in [1.82, 2.24) is 0 Å². The number of anilines is 1. The fraction of sp³-hybridized carbons (Fsp3) is 0.111. The van der Waals surface area contributed by atoms with Crippen molar-refractivity contribution in [2.24, 2.45) is 0 Å². The molecule has 2 N–H and O–H groups in total. The molecule has 0 fully saturated rings. The summed E-state index contributed by atoms with van der Waals surface area (Å²) in [6.07, 6.45) is 0. The van der Waals surface area contributed by atoms with Crippen LogP contribution in [0.25, 0.3) is 10.4 Å². The third-order valence-electron chi connectivity index (χ3n) is 3.50. The Kier molecular flexibility index (Phi) is 3.93. The van der Waals surface area contributed by atoms with Crippen molar-refractivity contribution in [2.75, 3.05) is 5.32 Å². The number of hydrogen-bond donors (Lipinski definition) is 2. The minimum absolute atomic E-state index is 0.374. The Bertz CT molecular complexity index is 735. The highest BCUT2D eigenvalue weighted by Crippen LogP contribution is 2.32. The first-order chi connectivity index (χ1) is 10.3. The van der Waals surface area contributed by atoms with Gasteiger partial charge in [0, 0.05) is 28.2 Å². The molecule has 0 aliphatic carbocycles. The van der Waals surface area contributed by atoms with Gasteiger partial charge in [0.05, 0.1) is 0 Å². The van der Waals surface area contributed by atoms with Crippen molar-refractivity contribution < 1.29 is 5.11 Å². The van der Waals surface area contributed by atoms with Gasteiger partial charge in [0.25, 0.3) is 0 Å². The van der Waals surface area contributed by atoms with Gasteiger partial charge in [0.15, 0.2) is 0 Å². The molecule has 0 aliphatic rings. The number of aromatic hydroxyl groups is 1. The van der Waals surface area contributed by atoms with Crippen molar-refractivity contribution in [2.45, 2.75) is 13.5 Å². The normalized spacial score (nSPS) is 10.5. The highest BCUT2D eigenvalue weighted by Gasteiger charge is 2.07. The second kappa shape index (κ2) is 6.02. The van der Waals surface area contributed by atoms with Gasteiger partial charge in [-0.2, -0.15) is 0 Å². The van der Waals surface area contributed by atoms with E-state index >= 15 is 0 Å². The molecule has 0 spiro atoms. The van der Waals surface area contributed by atoms with E-state index in [-0.39, 0.29) is 0 Å². The summed E-state index contributed by atoms with van der Waals surface area (Å²) in [4.78, 5) is 1.24. The lowest BCUT2D eigenvalue weighted by Crippen LogP contribution is -2.01. The van der Waals surface area contributed by atoms with E-state index in [0.717, 1.165) is 16.8 Å². The van der Waals surface area contributed by atoms with Crippen LogP contribution >= 0.6 is 11.3 Å². The molecule has 0 saturated carbocycles. The van der Waals surface area contributed by atoms with E-state index in [9.17, 15) is 5.11 Å². The van der Waals surface area contributed by atoms with E-state index in [0.29, 0.717) is 12.3 Å². The molecular formula is C18H17NOS. The summed E-state index contributed by atoms with van der Waals surface area (Å²) in [5.41, 5.74) is 4.09. The molecule has 106 valence electrons. The minimum Gasteiger partial charge on any atom is -0.507 e. The van der Waals surface area contributed by atoms with Crippen LogP contribution in [-0.4, -0.2) is 5.11 Å². The molecule has 2 aromatic carbocycles. The number of thiophene rings is 1. The van der Waals surface area contributed by atoms with Crippen LogP contribution in [-0.2, 0) is 6.54 Å². The SMILES string of the molecule is Cc1cccc(CNc2ccccc2-c2cccs2)c1O. The lowest BCUT2D eigenvalue weighted by atomic mass is 10.1. The fourth-order valence-corrected chi connectivity index (χ4v) is 3.10. The number of phenols is 1. The Morgan fingerprint density at radius 2 is 1.86 bits per heavy atom. The van der Waals surface area contributed by atoms with Gasteiger partial charge in [-0.15, -0.1) is 11.3 Å². The highest BCUT2D eigenvalue weighted by molar-refractivity contribution is 7.13. The molecule has 0 amide bonds. The summed E-state index contributed by atoms with van der Waals surface area (Å²) in [5.74, 6) is 0.374. The summed E-state index contributed by atoms with van der Waals surface area (Å²) in [6.45, 7) is 2.52.